The highest BCUT2D eigenvalue weighted by Crippen LogP contribution is 2.39. The number of cyclic esters (lactones) is 1. The third-order valence-electron chi connectivity index (χ3n) is 8.42. The molecular formula is C31H32F2N4O9. The van der Waals surface area contributed by atoms with Crippen molar-refractivity contribution < 1.29 is 47.6 Å². The van der Waals surface area contributed by atoms with Crippen LogP contribution in [-0.2, 0) is 9.53 Å². The maximum atomic E-state index is 15.4. The lowest BCUT2D eigenvalue weighted by molar-refractivity contribution is -0.119. The summed E-state index contributed by atoms with van der Waals surface area (Å²) in [6, 6.07) is 6.66. The summed E-state index contributed by atoms with van der Waals surface area (Å²) >= 11 is 0. The number of fused-ring (bicyclic) bond motifs is 1. The zero-order valence-corrected chi connectivity index (χ0v) is 24.8. The van der Waals surface area contributed by atoms with Gasteiger partial charge in [0, 0.05) is 32.1 Å². The third kappa shape index (κ3) is 6.40. The molecule has 1 atom stereocenters. The minimum absolute atomic E-state index is 0.00768. The quantitative estimate of drug-likeness (QED) is 0.295. The van der Waals surface area contributed by atoms with Crippen LogP contribution in [0.3, 0.4) is 0 Å². The van der Waals surface area contributed by atoms with Crippen molar-refractivity contribution in [3.05, 3.63) is 58.4 Å². The molecule has 2 saturated heterocycles. The number of amides is 2. The zero-order valence-electron chi connectivity index (χ0n) is 24.8. The van der Waals surface area contributed by atoms with E-state index >= 15 is 4.39 Å². The standard InChI is InChI=1S/C31H32F2N4O9/c1-17(38)34-13-20-14-37(29(40)45-20)19-4-5-26(23(33)10-19)44-16-31(43)6-8-35(9-7-31)25-12-24-21(11-22(25)32)28(39)27(46-30(41)42)15-36(24)18-2-3-18/h4-5,10-12,15,18,20,43H,2-3,6-9,13-14,16H2,1H3,(H,34,38)(H,41,42)/t20-/m0/s1. The first kappa shape index (κ1) is 31.1. The number of pyridine rings is 1. The van der Waals surface area contributed by atoms with E-state index in [1.807, 2.05) is 0 Å². The van der Waals surface area contributed by atoms with Gasteiger partial charge in [-0.1, -0.05) is 0 Å². The summed E-state index contributed by atoms with van der Waals surface area (Å²) < 4.78 is 47.6. The molecule has 3 aliphatic rings. The van der Waals surface area contributed by atoms with Gasteiger partial charge in [0.25, 0.3) is 0 Å². The molecule has 3 heterocycles. The Hall–Kier alpha value is -4.92. The molecule has 3 N–H and O–H groups in total. The number of ether oxygens (including phenoxy) is 3. The second kappa shape index (κ2) is 12.1. The van der Waals surface area contributed by atoms with Gasteiger partial charge in [-0.3, -0.25) is 14.5 Å². The third-order valence-corrected chi connectivity index (χ3v) is 8.42. The van der Waals surface area contributed by atoms with Crippen molar-refractivity contribution in [1.82, 2.24) is 9.88 Å². The number of aliphatic hydroxyl groups is 1. The Morgan fingerprint density at radius 3 is 2.48 bits per heavy atom. The summed E-state index contributed by atoms with van der Waals surface area (Å²) in [5, 5.41) is 22.8. The number of carboxylic acid groups (broad SMARTS) is 1. The van der Waals surface area contributed by atoms with Gasteiger partial charge in [0.05, 0.1) is 41.6 Å². The molecule has 6 rings (SSSR count). The number of nitrogens with one attached hydrogen (secondary N) is 1. The molecule has 1 aliphatic carbocycles. The highest BCUT2D eigenvalue weighted by molar-refractivity contribution is 5.90. The Labute approximate surface area is 260 Å². The smallest absolute Gasteiger partial charge is 0.488 e. The van der Waals surface area contributed by atoms with Gasteiger partial charge in [-0.05, 0) is 49.9 Å². The van der Waals surface area contributed by atoms with Crippen LogP contribution in [-0.4, -0.2) is 77.4 Å². The fraction of sp³-hybridized carbons (Fsp3) is 0.419. The first-order chi connectivity index (χ1) is 21.9. The van der Waals surface area contributed by atoms with Gasteiger partial charge >= 0.3 is 12.2 Å². The number of benzene rings is 2. The van der Waals surface area contributed by atoms with E-state index in [9.17, 15) is 28.7 Å². The largest absolute Gasteiger partial charge is 0.511 e. The molecule has 1 saturated carbocycles. The van der Waals surface area contributed by atoms with Crippen LogP contribution in [0.25, 0.3) is 10.9 Å². The molecule has 0 bridgehead atoms. The maximum Gasteiger partial charge on any atom is 0.511 e. The second-order valence-corrected chi connectivity index (χ2v) is 11.8. The predicted octanol–water partition coefficient (Wildman–Crippen LogP) is 3.54. The molecule has 46 heavy (non-hydrogen) atoms. The molecule has 0 radical (unpaired) electrons. The van der Waals surface area contributed by atoms with Crippen molar-refractivity contribution >= 4 is 40.4 Å². The van der Waals surface area contributed by atoms with Gasteiger partial charge in [-0.15, -0.1) is 0 Å². The van der Waals surface area contributed by atoms with Crippen molar-refractivity contribution in [2.75, 3.05) is 42.6 Å². The van der Waals surface area contributed by atoms with Gasteiger partial charge in [-0.25, -0.2) is 18.4 Å². The lowest BCUT2D eigenvalue weighted by Crippen LogP contribution is -2.48. The molecule has 244 valence electrons. The summed E-state index contributed by atoms with van der Waals surface area (Å²) in [5.74, 6) is -2.19. The Morgan fingerprint density at radius 1 is 1.09 bits per heavy atom. The van der Waals surface area contributed by atoms with Crippen molar-refractivity contribution in [2.45, 2.75) is 50.4 Å². The number of anilines is 2. The van der Waals surface area contributed by atoms with Crippen LogP contribution in [0.1, 0.15) is 38.6 Å². The SMILES string of the molecule is CC(=O)NC[C@H]1CN(c2ccc(OCC3(O)CCN(c4cc5c(cc4F)c(=O)c(OC(=O)O)cn5C4CC4)CC3)c(F)c2)C(=O)O1. The fourth-order valence-corrected chi connectivity index (χ4v) is 5.79. The van der Waals surface area contributed by atoms with Crippen LogP contribution in [0, 0.1) is 11.6 Å². The summed E-state index contributed by atoms with van der Waals surface area (Å²) in [7, 11) is 0. The molecule has 2 aliphatic heterocycles. The van der Waals surface area contributed by atoms with Crippen LogP contribution in [0.5, 0.6) is 11.5 Å². The minimum Gasteiger partial charge on any atom is -0.488 e. The number of carbonyl (C=O) groups excluding carboxylic acids is 2. The van der Waals surface area contributed by atoms with E-state index in [0.717, 1.165) is 25.0 Å². The Morgan fingerprint density at radius 2 is 1.83 bits per heavy atom. The highest BCUT2D eigenvalue weighted by Gasteiger charge is 2.36. The number of carbonyl (C=O) groups is 3. The number of nitrogens with zero attached hydrogens (tertiary/aromatic N) is 3. The van der Waals surface area contributed by atoms with E-state index in [-0.39, 0.29) is 85.8 Å². The highest BCUT2D eigenvalue weighted by atomic mass is 19.1. The number of rotatable bonds is 9. The molecular weight excluding hydrogens is 610 g/mol. The van der Waals surface area contributed by atoms with Crippen LogP contribution in [0.15, 0.2) is 41.3 Å². The summed E-state index contributed by atoms with van der Waals surface area (Å²) in [5.41, 5.74) is -1.11. The average Bonchev–Trinajstić information content (AvgIpc) is 3.78. The summed E-state index contributed by atoms with van der Waals surface area (Å²) in [6.45, 7) is 1.88. The summed E-state index contributed by atoms with van der Waals surface area (Å²) in [4.78, 5) is 50.3. The average molecular weight is 643 g/mol. The van der Waals surface area contributed by atoms with Crippen molar-refractivity contribution in [1.29, 1.82) is 0 Å². The van der Waals surface area contributed by atoms with Gasteiger partial charge in [-0.2, -0.15) is 0 Å². The zero-order chi connectivity index (χ0) is 32.7. The predicted molar refractivity (Wildman–Crippen MR) is 160 cm³/mol. The van der Waals surface area contributed by atoms with Crippen molar-refractivity contribution in [3.63, 3.8) is 0 Å². The van der Waals surface area contributed by atoms with Crippen molar-refractivity contribution in [3.8, 4) is 11.5 Å². The molecule has 15 heteroatoms. The van der Waals surface area contributed by atoms with E-state index in [4.69, 9.17) is 14.6 Å². The van der Waals surface area contributed by atoms with Gasteiger partial charge < -0.3 is 39.2 Å². The molecule has 0 spiro atoms. The van der Waals surface area contributed by atoms with Crippen LogP contribution < -0.4 is 30.0 Å². The first-order valence-corrected chi connectivity index (χ1v) is 14.8. The van der Waals surface area contributed by atoms with Gasteiger partial charge in [0.1, 0.15) is 24.1 Å². The topological polar surface area (TPSA) is 160 Å². The Bertz CT molecular complexity index is 1770. The monoisotopic (exact) mass is 642 g/mol. The van der Waals surface area contributed by atoms with E-state index in [0.29, 0.717) is 5.52 Å². The van der Waals surface area contributed by atoms with E-state index in [1.165, 1.54) is 30.2 Å². The van der Waals surface area contributed by atoms with E-state index in [2.05, 4.69) is 10.1 Å². The lowest BCUT2D eigenvalue weighted by atomic mass is 9.92. The first-order valence-electron chi connectivity index (χ1n) is 14.8. The maximum absolute atomic E-state index is 15.4. The number of piperidine rings is 1. The number of hydrogen-bond acceptors (Lipinski definition) is 9. The van der Waals surface area contributed by atoms with Crippen LogP contribution in [0.2, 0.25) is 0 Å². The van der Waals surface area contributed by atoms with E-state index < -0.39 is 41.0 Å². The number of hydrogen-bond donors (Lipinski definition) is 3. The summed E-state index contributed by atoms with van der Waals surface area (Å²) in [6.07, 6.45) is 0.472. The normalized spacial score (nSPS) is 19.2. The molecule has 13 nitrogen and oxygen atoms in total. The number of aromatic nitrogens is 1. The van der Waals surface area contributed by atoms with E-state index in [1.54, 1.807) is 15.5 Å². The van der Waals surface area contributed by atoms with Crippen LogP contribution >= 0.6 is 0 Å². The Balaban J connectivity index is 1.11. The molecule has 3 fully saturated rings. The Kier molecular flexibility index (Phi) is 8.19. The number of halogens is 2. The molecule has 1 aromatic heterocycles. The van der Waals surface area contributed by atoms with Crippen molar-refractivity contribution in [2.24, 2.45) is 0 Å². The molecule has 0 unspecified atom stereocenters. The molecule has 2 amide bonds. The van der Waals surface area contributed by atoms with Gasteiger partial charge in [0.2, 0.25) is 11.3 Å². The second-order valence-electron chi connectivity index (χ2n) is 11.8. The molecule has 3 aromatic rings. The van der Waals surface area contributed by atoms with Crippen LogP contribution in [0.4, 0.5) is 29.7 Å². The lowest BCUT2D eigenvalue weighted by Gasteiger charge is -2.39. The fourth-order valence-electron chi connectivity index (χ4n) is 5.79. The van der Waals surface area contributed by atoms with Gasteiger partial charge in [0.15, 0.2) is 17.3 Å². The minimum atomic E-state index is -1.64. The molecule has 2 aromatic carbocycles.